The summed E-state index contributed by atoms with van der Waals surface area (Å²) >= 11 is 0. The number of phosphoric ester groups is 1. The van der Waals surface area contributed by atoms with Crippen LogP contribution in [0, 0.1) is 5.92 Å². The normalized spacial score (nSPS) is 17.3. The van der Waals surface area contributed by atoms with Crippen LogP contribution in [-0.2, 0) is 38.5 Å². The number of hydrogen-bond donors (Lipinski definition) is 0. The molecule has 0 unspecified atom stereocenters. The number of phosphoric acid groups is 1. The fourth-order valence-corrected chi connectivity index (χ4v) is 13.2. The van der Waals surface area contributed by atoms with Crippen LogP contribution in [0.4, 0.5) is 0 Å². The summed E-state index contributed by atoms with van der Waals surface area (Å²) in [6.45, 7) is 33.2. The first-order valence-electron chi connectivity index (χ1n) is 21.4. The van der Waals surface area contributed by atoms with Gasteiger partial charge in [-0.25, -0.2) is 4.57 Å². The van der Waals surface area contributed by atoms with E-state index in [9.17, 15) is 4.57 Å². The Morgan fingerprint density at radius 3 is 1.71 bits per heavy atom. The van der Waals surface area contributed by atoms with Crippen LogP contribution in [0.25, 0.3) is 0 Å². The lowest BCUT2D eigenvalue weighted by Gasteiger charge is -2.47. The molecule has 320 valence electrons. The number of unbranched alkanes of at least 4 members (excludes halogenated alkanes) is 2. The topological polar surface area (TPSA) is 90.9 Å². The minimum atomic E-state index is -3.83. The third-order valence-electron chi connectivity index (χ3n) is 10.8. The summed E-state index contributed by atoms with van der Waals surface area (Å²) in [5.74, 6) is 1.78. The van der Waals surface area contributed by atoms with Crippen molar-refractivity contribution in [3.8, 4) is 11.5 Å². The average Bonchev–Trinajstić information content (AvgIpc) is 3.09. The Labute approximate surface area is 340 Å². The molecule has 2 rings (SSSR count). The van der Waals surface area contributed by atoms with Gasteiger partial charge in [0.15, 0.2) is 21.9 Å². The summed E-state index contributed by atoms with van der Waals surface area (Å²) in [7, 11) is -8.41. The Morgan fingerprint density at radius 1 is 0.764 bits per heavy atom. The standard InChI is InChI=1S/C42H81O9PSi3/c1-15-21-22-23-35-30-39(46-33-44-26-28-53(9,10)11)41(40(31-35)47-34-45-27-29-54(12,13)14)37-32-36(50-52(43,48-16-2)49-17-3)24-25-38(37)42(7,8)51-55(18-4,19-5)20-6/h30-32,37-38H,15-29,33-34H2,1-14H3/t37-,38-/m1/s1. The predicted octanol–water partition coefficient (Wildman–Crippen LogP) is 13.2. The summed E-state index contributed by atoms with van der Waals surface area (Å²) in [5, 5.41) is 0. The first kappa shape index (κ1) is 50.2. The maximum atomic E-state index is 13.8. The maximum Gasteiger partial charge on any atom is 0.529 e. The fourth-order valence-electron chi connectivity index (χ4n) is 7.20. The van der Waals surface area contributed by atoms with Gasteiger partial charge in [-0.2, -0.15) is 0 Å². The molecule has 13 heteroatoms. The lowest BCUT2D eigenvalue weighted by molar-refractivity contribution is 0.00662. The van der Waals surface area contributed by atoms with Crippen LogP contribution in [0.2, 0.25) is 69.5 Å². The van der Waals surface area contributed by atoms with Crippen LogP contribution in [0.5, 0.6) is 11.5 Å². The maximum absolute atomic E-state index is 13.8. The van der Waals surface area contributed by atoms with Crippen molar-refractivity contribution in [2.75, 3.05) is 40.0 Å². The highest BCUT2D eigenvalue weighted by Crippen LogP contribution is 2.56. The predicted molar refractivity (Wildman–Crippen MR) is 237 cm³/mol. The van der Waals surface area contributed by atoms with Crippen LogP contribution < -0.4 is 9.47 Å². The highest BCUT2D eigenvalue weighted by Gasteiger charge is 2.46. The molecular formula is C42H81O9PSi3. The van der Waals surface area contributed by atoms with Gasteiger partial charge in [-0.05, 0) is 107 Å². The molecule has 55 heavy (non-hydrogen) atoms. The Bertz CT molecular complexity index is 1270. The second-order valence-electron chi connectivity index (χ2n) is 18.1. The molecular weight excluding hydrogens is 764 g/mol. The molecule has 0 N–H and O–H groups in total. The zero-order valence-corrected chi connectivity index (χ0v) is 41.4. The summed E-state index contributed by atoms with van der Waals surface area (Å²) in [6.07, 6.45) is 7.66. The van der Waals surface area contributed by atoms with Crippen molar-refractivity contribution in [1.29, 1.82) is 0 Å². The Kier molecular flexibility index (Phi) is 21.5. The van der Waals surface area contributed by atoms with Crippen LogP contribution in [0.1, 0.15) is 105 Å². The van der Waals surface area contributed by atoms with Gasteiger partial charge in [0.05, 0.1) is 18.8 Å². The summed E-state index contributed by atoms with van der Waals surface area (Å²) in [5.41, 5.74) is 1.56. The van der Waals surface area contributed by atoms with Crippen LogP contribution in [-0.4, -0.2) is 70.1 Å². The molecule has 0 aliphatic heterocycles. The first-order valence-corrected chi connectivity index (χ1v) is 32.8. The Morgan fingerprint density at radius 2 is 1.27 bits per heavy atom. The van der Waals surface area contributed by atoms with Crippen molar-refractivity contribution in [2.24, 2.45) is 5.92 Å². The van der Waals surface area contributed by atoms with E-state index >= 15 is 0 Å². The number of ether oxygens (including phenoxy) is 4. The second kappa shape index (κ2) is 23.6. The zero-order valence-electron chi connectivity index (χ0n) is 37.5. The fraction of sp³-hybridized carbons (Fsp3) is 0.810. The first-order chi connectivity index (χ1) is 25.8. The van der Waals surface area contributed by atoms with E-state index in [1.165, 1.54) is 0 Å². The van der Waals surface area contributed by atoms with Crippen molar-refractivity contribution in [3.05, 3.63) is 35.1 Å². The number of hydrogen-bond acceptors (Lipinski definition) is 9. The molecule has 0 aromatic heterocycles. The largest absolute Gasteiger partial charge is 0.529 e. The molecule has 0 saturated heterocycles. The van der Waals surface area contributed by atoms with Gasteiger partial charge in [-0.1, -0.05) is 79.8 Å². The van der Waals surface area contributed by atoms with E-state index < -0.39 is 37.9 Å². The average molecular weight is 845 g/mol. The van der Waals surface area contributed by atoms with E-state index in [4.69, 9.17) is 36.9 Å². The molecule has 0 heterocycles. The summed E-state index contributed by atoms with van der Waals surface area (Å²) in [6, 6.07) is 9.62. The van der Waals surface area contributed by atoms with Gasteiger partial charge < -0.3 is 27.9 Å². The van der Waals surface area contributed by atoms with Crippen molar-refractivity contribution < 1.29 is 41.5 Å². The van der Waals surface area contributed by atoms with E-state index in [1.54, 1.807) is 13.8 Å². The Balaban J connectivity index is 2.83. The van der Waals surface area contributed by atoms with Gasteiger partial charge in [-0.3, -0.25) is 9.05 Å². The van der Waals surface area contributed by atoms with E-state index in [0.29, 0.717) is 25.4 Å². The molecule has 0 amide bonds. The lowest BCUT2D eigenvalue weighted by atomic mass is 9.70. The minimum absolute atomic E-state index is 0.0196. The number of allylic oxidation sites excluding steroid dienone is 2. The zero-order chi connectivity index (χ0) is 41.3. The van der Waals surface area contributed by atoms with E-state index in [2.05, 4.69) is 99.0 Å². The number of rotatable bonds is 29. The van der Waals surface area contributed by atoms with Gasteiger partial charge in [0, 0.05) is 47.3 Å². The van der Waals surface area contributed by atoms with Crippen LogP contribution in [0.15, 0.2) is 24.0 Å². The highest BCUT2D eigenvalue weighted by atomic mass is 31.2. The van der Waals surface area contributed by atoms with Gasteiger partial charge in [0.2, 0.25) is 0 Å². The summed E-state index contributed by atoms with van der Waals surface area (Å²) < 4.78 is 64.2. The number of benzene rings is 1. The minimum Gasteiger partial charge on any atom is -0.467 e. The van der Waals surface area contributed by atoms with Crippen molar-refractivity contribution in [1.82, 2.24) is 0 Å². The third kappa shape index (κ3) is 17.4. The Hall–Kier alpha value is -0.959. The van der Waals surface area contributed by atoms with E-state index in [1.807, 2.05) is 0 Å². The molecule has 0 saturated carbocycles. The van der Waals surface area contributed by atoms with Crippen LogP contribution in [0.3, 0.4) is 0 Å². The molecule has 0 bridgehead atoms. The smallest absolute Gasteiger partial charge is 0.467 e. The molecule has 2 atom stereocenters. The van der Waals surface area contributed by atoms with E-state index in [-0.39, 0.29) is 38.6 Å². The molecule has 1 aliphatic rings. The molecule has 1 aliphatic carbocycles. The molecule has 0 radical (unpaired) electrons. The molecule has 0 fully saturated rings. The highest BCUT2D eigenvalue weighted by molar-refractivity contribution is 7.48. The lowest BCUT2D eigenvalue weighted by Crippen LogP contribution is -2.49. The molecule has 1 aromatic rings. The molecule has 9 nitrogen and oxygen atoms in total. The van der Waals surface area contributed by atoms with Crippen molar-refractivity contribution >= 4 is 32.3 Å². The van der Waals surface area contributed by atoms with Gasteiger partial charge in [0.1, 0.15) is 17.3 Å². The van der Waals surface area contributed by atoms with Gasteiger partial charge in [-0.15, -0.1) is 0 Å². The van der Waals surface area contributed by atoms with Crippen LogP contribution >= 0.6 is 7.82 Å². The van der Waals surface area contributed by atoms with Crippen molar-refractivity contribution in [2.45, 2.75) is 175 Å². The summed E-state index contributed by atoms with van der Waals surface area (Å²) in [4.78, 5) is 0. The molecule has 0 spiro atoms. The third-order valence-corrected chi connectivity index (χ3v) is 20.6. The monoisotopic (exact) mass is 844 g/mol. The molecule has 1 aromatic carbocycles. The second-order valence-corrected chi connectivity index (χ2v) is 35.6. The van der Waals surface area contributed by atoms with Crippen molar-refractivity contribution in [3.63, 3.8) is 0 Å². The SMILES string of the molecule is CCCCCc1cc(OCOCC[Si](C)(C)C)c([C@@H]2C=C(OP(=O)(OCC)OCC)CC[C@H]2C(C)(C)O[Si](CC)(CC)CC)c(OCOCC[Si](C)(C)C)c1. The quantitative estimate of drug-likeness (QED) is 0.0338. The number of aryl methyl sites for hydroxylation is 1. The van der Waals surface area contributed by atoms with Gasteiger partial charge in [0.25, 0.3) is 0 Å². The van der Waals surface area contributed by atoms with Gasteiger partial charge >= 0.3 is 7.82 Å². The van der Waals surface area contributed by atoms with E-state index in [0.717, 1.165) is 85.0 Å².